The standard InChI is InChI=1S/C13H14Cl2N2O2/c1-16-12(18)11-3-2-6-17(11)13(19)8-4-5-9(14)10(15)7-8/h4-5,7,11H,2-3,6H2,1H3,(H,16,18). The van der Waals surface area contributed by atoms with E-state index in [9.17, 15) is 9.59 Å². The summed E-state index contributed by atoms with van der Waals surface area (Å²) in [5, 5.41) is 3.33. The van der Waals surface area contributed by atoms with Crippen molar-refractivity contribution in [2.75, 3.05) is 13.6 Å². The molecule has 0 aromatic heterocycles. The van der Waals surface area contributed by atoms with Crippen molar-refractivity contribution in [1.82, 2.24) is 10.2 Å². The number of likely N-dealkylation sites (tertiary alicyclic amines) is 1. The molecular weight excluding hydrogens is 287 g/mol. The lowest BCUT2D eigenvalue weighted by Crippen LogP contribution is -2.44. The third-order valence-corrected chi connectivity index (χ3v) is 3.97. The van der Waals surface area contributed by atoms with Crippen LogP contribution < -0.4 is 5.32 Å². The van der Waals surface area contributed by atoms with E-state index in [1.165, 1.54) is 6.07 Å². The molecule has 4 nitrogen and oxygen atoms in total. The lowest BCUT2D eigenvalue weighted by Gasteiger charge is -2.23. The number of hydrogen-bond donors (Lipinski definition) is 1. The molecule has 1 atom stereocenters. The summed E-state index contributed by atoms with van der Waals surface area (Å²) < 4.78 is 0. The predicted molar refractivity (Wildman–Crippen MR) is 74.6 cm³/mol. The third kappa shape index (κ3) is 2.85. The molecule has 1 aromatic carbocycles. The zero-order chi connectivity index (χ0) is 14.0. The molecule has 1 aromatic rings. The van der Waals surface area contributed by atoms with Gasteiger partial charge in [-0.25, -0.2) is 0 Å². The number of carbonyl (C=O) groups is 2. The maximum absolute atomic E-state index is 12.4. The highest BCUT2D eigenvalue weighted by molar-refractivity contribution is 6.42. The number of likely N-dealkylation sites (N-methyl/N-ethyl adjacent to an activating group) is 1. The lowest BCUT2D eigenvalue weighted by atomic mass is 10.1. The van der Waals surface area contributed by atoms with Crippen LogP contribution in [0.1, 0.15) is 23.2 Å². The second-order valence-corrected chi connectivity index (χ2v) is 5.21. The van der Waals surface area contributed by atoms with Gasteiger partial charge in [-0.2, -0.15) is 0 Å². The number of carbonyl (C=O) groups excluding carboxylic acids is 2. The van der Waals surface area contributed by atoms with Gasteiger partial charge in [0.25, 0.3) is 5.91 Å². The third-order valence-electron chi connectivity index (χ3n) is 3.23. The normalized spacial score (nSPS) is 18.5. The Bertz CT molecular complexity index is 519. The number of nitrogens with one attached hydrogen (secondary N) is 1. The Balaban J connectivity index is 2.23. The minimum absolute atomic E-state index is 0.133. The Kier molecular flexibility index (Phi) is 4.32. The predicted octanol–water partition coefficient (Wildman–Crippen LogP) is 2.34. The number of benzene rings is 1. The maximum Gasteiger partial charge on any atom is 0.254 e. The highest BCUT2D eigenvalue weighted by atomic mass is 35.5. The van der Waals surface area contributed by atoms with Crippen LogP contribution in [0.2, 0.25) is 10.0 Å². The summed E-state index contributed by atoms with van der Waals surface area (Å²) in [6, 6.07) is 4.34. The van der Waals surface area contributed by atoms with Gasteiger partial charge in [-0.3, -0.25) is 9.59 Å². The van der Waals surface area contributed by atoms with Crippen LogP contribution in [0, 0.1) is 0 Å². The van der Waals surface area contributed by atoms with Crippen LogP contribution in [-0.4, -0.2) is 36.3 Å². The summed E-state index contributed by atoms with van der Waals surface area (Å²) in [5.41, 5.74) is 0.449. The molecule has 102 valence electrons. The zero-order valence-corrected chi connectivity index (χ0v) is 12.0. The fourth-order valence-electron chi connectivity index (χ4n) is 2.24. The topological polar surface area (TPSA) is 49.4 Å². The molecule has 1 aliphatic rings. The molecular formula is C13H14Cl2N2O2. The van der Waals surface area contributed by atoms with Gasteiger partial charge in [0, 0.05) is 19.2 Å². The second kappa shape index (κ2) is 5.80. The van der Waals surface area contributed by atoms with Crippen LogP contribution in [0.3, 0.4) is 0 Å². The summed E-state index contributed by atoms with van der Waals surface area (Å²) in [7, 11) is 1.57. The van der Waals surface area contributed by atoms with Gasteiger partial charge in [0.15, 0.2) is 0 Å². The Morgan fingerprint density at radius 2 is 2.05 bits per heavy atom. The minimum atomic E-state index is -0.396. The lowest BCUT2D eigenvalue weighted by molar-refractivity contribution is -0.124. The SMILES string of the molecule is CNC(=O)C1CCCN1C(=O)c1ccc(Cl)c(Cl)c1. The van der Waals surface area contributed by atoms with Crippen LogP contribution in [0.4, 0.5) is 0 Å². The van der Waals surface area contributed by atoms with Crippen LogP contribution in [-0.2, 0) is 4.79 Å². The molecule has 1 unspecified atom stereocenters. The Morgan fingerprint density at radius 3 is 2.68 bits per heavy atom. The van der Waals surface area contributed by atoms with E-state index >= 15 is 0 Å². The van der Waals surface area contributed by atoms with Gasteiger partial charge in [0.1, 0.15) is 6.04 Å². The van der Waals surface area contributed by atoms with Crippen molar-refractivity contribution >= 4 is 35.0 Å². The van der Waals surface area contributed by atoms with Gasteiger partial charge >= 0.3 is 0 Å². The quantitative estimate of drug-likeness (QED) is 0.911. The van der Waals surface area contributed by atoms with Crippen molar-refractivity contribution in [3.8, 4) is 0 Å². The van der Waals surface area contributed by atoms with E-state index in [1.807, 2.05) is 0 Å². The van der Waals surface area contributed by atoms with Crippen molar-refractivity contribution in [1.29, 1.82) is 0 Å². The first-order valence-corrected chi connectivity index (χ1v) is 6.78. The fourth-order valence-corrected chi connectivity index (χ4v) is 2.54. The van der Waals surface area contributed by atoms with Crippen molar-refractivity contribution < 1.29 is 9.59 Å². The number of hydrogen-bond acceptors (Lipinski definition) is 2. The average molecular weight is 301 g/mol. The first kappa shape index (κ1) is 14.2. The minimum Gasteiger partial charge on any atom is -0.357 e. The van der Waals surface area contributed by atoms with E-state index in [0.29, 0.717) is 28.6 Å². The zero-order valence-electron chi connectivity index (χ0n) is 10.5. The molecule has 0 radical (unpaired) electrons. The molecule has 1 saturated heterocycles. The molecule has 1 N–H and O–H groups in total. The van der Waals surface area contributed by atoms with Crippen LogP contribution in [0.5, 0.6) is 0 Å². The van der Waals surface area contributed by atoms with Crippen molar-refractivity contribution in [3.63, 3.8) is 0 Å². The summed E-state index contributed by atoms with van der Waals surface area (Å²) in [6.45, 7) is 0.581. The molecule has 0 spiro atoms. The molecule has 19 heavy (non-hydrogen) atoms. The van der Waals surface area contributed by atoms with Crippen molar-refractivity contribution in [3.05, 3.63) is 33.8 Å². The molecule has 0 aliphatic carbocycles. The van der Waals surface area contributed by atoms with Gasteiger partial charge < -0.3 is 10.2 Å². The first-order chi connectivity index (χ1) is 9.04. The summed E-state index contributed by atoms with van der Waals surface area (Å²) >= 11 is 11.7. The average Bonchev–Trinajstić information content (AvgIpc) is 2.89. The number of amides is 2. The molecule has 1 heterocycles. The largest absolute Gasteiger partial charge is 0.357 e. The number of halogens is 2. The molecule has 2 rings (SSSR count). The summed E-state index contributed by atoms with van der Waals surface area (Å²) in [6.07, 6.45) is 1.51. The highest BCUT2D eigenvalue weighted by Crippen LogP contribution is 2.25. The summed E-state index contributed by atoms with van der Waals surface area (Å²) in [5.74, 6) is -0.324. The van der Waals surface area contributed by atoms with Crippen LogP contribution >= 0.6 is 23.2 Å². The molecule has 1 fully saturated rings. The Morgan fingerprint density at radius 1 is 1.32 bits per heavy atom. The molecule has 2 amide bonds. The fraction of sp³-hybridized carbons (Fsp3) is 0.385. The monoisotopic (exact) mass is 300 g/mol. The van der Waals surface area contributed by atoms with E-state index in [1.54, 1.807) is 24.1 Å². The Labute approximate surface area is 121 Å². The van der Waals surface area contributed by atoms with Gasteiger partial charge in [-0.1, -0.05) is 23.2 Å². The van der Waals surface area contributed by atoms with Gasteiger partial charge in [0.05, 0.1) is 10.0 Å². The van der Waals surface area contributed by atoms with E-state index in [0.717, 1.165) is 6.42 Å². The molecule has 0 bridgehead atoms. The van der Waals surface area contributed by atoms with Crippen LogP contribution in [0.15, 0.2) is 18.2 Å². The van der Waals surface area contributed by atoms with Crippen LogP contribution in [0.25, 0.3) is 0 Å². The van der Waals surface area contributed by atoms with Gasteiger partial charge in [-0.05, 0) is 31.0 Å². The molecule has 6 heteroatoms. The smallest absolute Gasteiger partial charge is 0.254 e. The van der Waals surface area contributed by atoms with E-state index in [4.69, 9.17) is 23.2 Å². The first-order valence-electron chi connectivity index (χ1n) is 6.02. The summed E-state index contributed by atoms with van der Waals surface area (Å²) in [4.78, 5) is 25.7. The van der Waals surface area contributed by atoms with E-state index in [2.05, 4.69) is 5.32 Å². The number of rotatable bonds is 2. The van der Waals surface area contributed by atoms with E-state index in [-0.39, 0.29) is 11.8 Å². The molecule has 1 aliphatic heterocycles. The van der Waals surface area contributed by atoms with Gasteiger partial charge in [0.2, 0.25) is 5.91 Å². The number of nitrogens with zero attached hydrogens (tertiary/aromatic N) is 1. The van der Waals surface area contributed by atoms with Crippen molar-refractivity contribution in [2.24, 2.45) is 0 Å². The Hall–Kier alpha value is -1.26. The second-order valence-electron chi connectivity index (χ2n) is 4.40. The van der Waals surface area contributed by atoms with Gasteiger partial charge in [-0.15, -0.1) is 0 Å². The van der Waals surface area contributed by atoms with Crippen molar-refractivity contribution in [2.45, 2.75) is 18.9 Å². The van der Waals surface area contributed by atoms with E-state index < -0.39 is 6.04 Å². The molecule has 0 saturated carbocycles. The maximum atomic E-state index is 12.4. The highest BCUT2D eigenvalue weighted by Gasteiger charge is 2.34.